The molecule has 20 heavy (non-hydrogen) atoms. The topological polar surface area (TPSA) is 55.2 Å². The molecule has 1 N–H and O–H groups in total. The predicted molar refractivity (Wildman–Crippen MR) is 74.5 cm³/mol. The van der Waals surface area contributed by atoms with Gasteiger partial charge in [-0.05, 0) is 27.6 Å². The van der Waals surface area contributed by atoms with Gasteiger partial charge in [0.15, 0.2) is 0 Å². The van der Waals surface area contributed by atoms with E-state index in [1.54, 1.807) is 12.1 Å². The zero-order valence-electron chi connectivity index (χ0n) is 10.1. The van der Waals surface area contributed by atoms with Crippen LogP contribution < -0.4 is 5.32 Å². The van der Waals surface area contributed by atoms with Crippen molar-refractivity contribution in [3.63, 3.8) is 0 Å². The molecule has 0 amide bonds. The summed E-state index contributed by atoms with van der Waals surface area (Å²) >= 11 is 2.98. The Balaban J connectivity index is 2.09. The molecule has 0 aliphatic carbocycles. The Morgan fingerprint density at radius 3 is 2.40 bits per heavy atom. The molecule has 2 aromatic carbocycles. The number of halogens is 3. The van der Waals surface area contributed by atoms with E-state index in [0.29, 0.717) is 0 Å². The third-order valence-electron chi connectivity index (χ3n) is 2.64. The van der Waals surface area contributed by atoms with E-state index in [1.165, 1.54) is 18.2 Å². The first-order valence-electron chi connectivity index (χ1n) is 5.59. The van der Waals surface area contributed by atoms with Crippen molar-refractivity contribution in [2.75, 3.05) is 5.32 Å². The van der Waals surface area contributed by atoms with E-state index in [-0.39, 0.29) is 22.4 Å². The maximum absolute atomic E-state index is 13.5. The molecule has 0 radical (unpaired) electrons. The second kappa shape index (κ2) is 5.96. The second-order valence-electron chi connectivity index (χ2n) is 4.02. The van der Waals surface area contributed by atoms with Gasteiger partial charge < -0.3 is 5.32 Å². The number of non-ortho nitro benzene ring substituents is 1. The van der Waals surface area contributed by atoms with Crippen LogP contribution in [-0.4, -0.2) is 4.92 Å². The molecule has 0 aromatic heterocycles. The summed E-state index contributed by atoms with van der Waals surface area (Å²) in [7, 11) is 0. The molecule has 0 bridgehead atoms. The van der Waals surface area contributed by atoms with Gasteiger partial charge in [0.2, 0.25) is 0 Å². The first-order valence-corrected chi connectivity index (χ1v) is 6.38. The molecule has 104 valence electrons. The van der Waals surface area contributed by atoms with Gasteiger partial charge in [0.25, 0.3) is 5.69 Å². The van der Waals surface area contributed by atoms with Gasteiger partial charge in [-0.2, -0.15) is 0 Å². The summed E-state index contributed by atoms with van der Waals surface area (Å²) in [4.78, 5) is 10.0. The Kier molecular flexibility index (Phi) is 4.29. The van der Waals surface area contributed by atoms with Crippen LogP contribution in [0.25, 0.3) is 0 Å². The van der Waals surface area contributed by atoms with Crippen molar-refractivity contribution in [3.8, 4) is 0 Å². The summed E-state index contributed by atoms with van der Waals surface area (Å²) in [6, 6.07) is 7.96. The largest absolute Gasteiger partial charge is 0.379 e. The third kappa shape index (κ3) is 3.30. The minimum atomic E-state index is -0.701. The van der Waals surface area contributed by atoms with Gasteiger partial charge in [-0.25, -0.2) is 8.78 Å². The van der Waals surface area contributed by atoms with Crippen LogP contribution in [0.15, 0.2) is 40.9 Å². The molecule has 0 spiro atoms. The number of nitro groups is 1. The SMILES string of the molecule is O=[N+]([O-])c1ccc(CNc2cc(Br)c(F)cc2F)cc1. The van der Waals surface area contributed by atoms with Crippen molar-refractivity contribution in [2.24, 2.45) is 0 Å². The molecule has 0 unspecified atom stereocenters. The predicted octanol–water partition coefficient (Wildman–Crippen LogP) is 4.25. The normalized spacial score (nSPS) is 10.3. The summed E-state index contributed by atoms with van der Waals surface area (Å²) in [5, 5.41) is 13.3. The van der Waals surface area contributed by atoms with Gasteiger partial charge in [-0.15, -0.1) is 0 Å². The Morgan fingerprint density at radius 2 is 1.80 bits per heavy atom. The summed E-state index contributed by atoms with van der Waals surface area (Å²) in [5.41, 5.74) is 0.886. The molecular weight excluding hydrogens is 334 g/mol. The first-order chi connectivity index (χ1) is 9.47. The number of nitrogens with one attached hydrogen (secondary N) is 1. The van der Waals surface area contributed by atoms with E-state index in [1.807, 2.05) is 0 Å². The van der Waals surface area contributed by atoms with Crippen LogP contribution in [0.3, 0.4) is 0 Å². The number of hydrogen-bond donors (Lipinski definition) is 1. The van der Waals surface area contributed by atoms with Gasteiger partial charge in [0, 0.05) is 24.7 Å². The lowest BCUT2D eigenvalue weighted by Gasteiger charge is -2.08. The lowest BCUT2D eigenvalue weighted by molar-refractivity contribution is -0.384. The van der Waals surface area contributed by atoms with Crippen LogP contribution in [0.1, 0.15) is 5.56 Å². The molecule has 2 rings (SSSR count). The standard InChI is InChI=1S/C13H9BrF2N2O2/c14-10-5-13(12(16)6-11(10)15)17-7-8-1-3-9(4-2-8)18(19)20/h1-6,17H,7H2. The van der Waals surface area contributed by atoms with Crippen molar-refractivity contribution in [1.29, 1.82) is 0 Å². The summed E-state index contributed by atoms with van der Waals surface area (Å²) in [5.74, 6) is -1.38. The Bertz CT molecular complexity index is 648. The number of benzene rings is 2. The minimum Gasteiger partial charge on any atom is -0.379 e. The molecule has 0 heterocycles. The van der Waals surface area contributed by atoms with Crippen LogP contribution in [0.4, 0.5) is 20.2 Å². The van der Waals surface area contributed by atoms with Crippen molar-refractivity contribution >= 4 is 27.3 Å². The molecular formula is C13H9BrF2N2O2. The summed E-state index contributed by atoms with van der Waals surface area (Å²) in [6.07, 6.45) is 0. The quantitative estimate of drug-likeness (QED) is 0.513. The van der Waals surface area contributed by atoms with Crippen LogP contribution in [-0.2, 0) is 6.54 Å². The highest BCUT2D eigenvalue weighted by atomic mass is 79.9. The Labute approximate surface area is 121 Å². The van der Waals surface area contributed by atoms with E-state index in [0.717, 1.165) is 11.6 Å². The number of nitro benzene ring substituents is 1. The lowest BCUT2D eigenvalue weighted by atomic mass is 10.2. The average molecular weight is 343 g/mol. The highest BCUT2D eigenvalue weighted by molar-refractivity contribution is 9.10. The van der Waals surface area contributed by atoms with Gasteiger partial charge in [-0.3, -0.25) is 10.1 Å². The fraction of sp³-hybridized carbons (Fsp3) is 0.0769. The monoisotopic (exact) mass is 342 g/mol. The zero-order chi connectivity index (χ0) is 14.7. The van der Waals surface area contributed by atoms with Crippen molar-refractivity contribution in [1.82, 2.24) is 0 Å². The van der Waals surface area contributed by atoms with Crippen LogP contribution in [0.2, 0.25) is 0 Å². The average Bonchev–Trinajstić information content (AvgIpc) is 2.42. The van der Waals surface area contributed by atoms with E-state index in [9.17, 15) is 18.9 Å². The van der Waals surface area contributed by atoms with E-state index < -0.39 is 16.6 Å². The summed E-state index contributed by atoms with van der Waals surface area (Å²) in [6.45, 7) is 0.271. The molecule has 0 aliphatic rings. The Hall–Kier alpha value is -2.02. The number of hydrogen-bond acceptors (Lipinski definition) is 3. The maximum Gasteiger partial charge on any atom is 0.269 e. The molecule has 0 atom stereocenters. The molecule has 0 saturated heterocycles. The second-order valence-corrected chi connectivity index (χ2v) is 4.88. The van der Waals surface area contributed by atoms with Gasteiger partial charge in [-0.1, -0.05) is 12.1 Å². The molecule has 0 aliphatic heterocycles. The van der Waals surface area contributed by atoms with Crippen molar-refractivity contribution in [2.45, 2.75) is 6.54 Å². The highest BCUT2D eigenvalue weighted by Gasteiger charge is 2.08. The van der Waals surface area contributed by atoms with Crippen LogP contribution in [0.5, 0.6) is 0 Å². The van der Waals surface area contributed by atoms with Crippen molar-refractivity contribution in [3.05, 3.63) is 68.2 Å². The van der Waals surface area contributed by atoms with E-state index in [2.05, 4.69) is 21.2 Å². The lowest BCUT2D eigenvalue weighted by Crippen LogP contribution is -2.02. The molecule has 7 heteroatoms. The van der Waals surface area contributed by atoms with Crippen molar-refractivity contribution < 1.29 is 13.7 Å². The molecule has 0 fully saturated rings. The number of rotatable bonds is 4. The third-order valence-corrected chi connectivity index (χ3v) is 3.25. The fourth-order valence-corrected chi connectivity index (χ4v) is 1.93. The van der Waals surface area contributed by atoms with Crippen LogP contribution >= 0.6 is 15.9 Å². The van der Waals surface area contributed by atoms with E-state index >= 15 is 0 Å². The van der Waals surface area contributed by atoms with Crippen LogP contribution in [0, 0.1) is 21.7 Å². The van der Waals surface area contributed by atoms with Gasteiger partial charge >= 0.3 is 0 Å². The summed E-state index contributed by atoms with van der Waals surface area (Å²) < 4.78 is 26.7. The smallest absolute Gasteiger partial charge is 0.269 e. The Morgan fingerprint density at radius 1 is 1.15 bits per heavy atom. The van der Waals surface area contributed by atoms with Gasteiger partial charge in [0.1, 0.15) is 11.6 Å². The minimum absolute atomic E-state index is 0.00976. The molecule has 2 aromatic rings. The number of anilines is 1. The maximum atomic E-state index is 13.5. The fourth-order valence-electron chi connectivity index (χ4n) is 1.59. The highest BCUT2D eigenvalue weighted by Crippen LogP contribution is 2.24. The molecule has 0 saturated carbocycles. The number of nitrogens with zero attached hydrogens (tertiary/aromatic N) is 1. The van der Waals surface area contributed by atoms with Gasteiger partial charge in [0.05, 0.1) is 15.1 Å². The zero-order valence-corrected chi connectivity index (χ0v) is 11.7. The molecule has 4 nitrogen and oxygen atoms in total. The first kappa shape index (κ1) is 14.4. The van der Waals surface area contributed by atoms with E-state index in [4.69, 9.17) is 0 Å².